The van der Waals surface area contributed by atoms with Crippen LogP contribution in [-0.4, -0.2) is 28.2 Å². The summed E-state index contributed by atoms with van der Waals surface area (Å²) in [5.74, 6) is 0.0178. The predicted octanol–water partition coefficient (Wildman–Crippen LogP) is 6.50. The smallest absolute Gasteiger partial charge is 0.305 e. The summed E-state index contributed by atoms with van der Waals surface area (Å²) in [6, 6.07) is 7.14. The lowest BCUT2D eigenvalue weighted by atomic mass is 10.0. The number of rotatable bonds is 4. The monoisotopic (exact) mass is 497 g/mol. The van der Waals surface area contributed by atoms with Gasteiger partial charge in [0.15, 0.2) is 0 Å². The highest BCUT2D eigenvalue weighted by molar-refractivity contribution is 7.99. The first-order valence-corrected chi connectivity index (χ1v) is 11.2. The Morgan fingerprint density at radius 1 is 0.941 bits per heavy atom. The van der Waals surface area contributed by atoms with Gasteiger partial charge in [-0.15, -0.1) is 11.8 Å². The average molecular weight is 497 g/mol. The second-order valence-corrected chi connectivity index (χ2v) is 8.78. The normalized spacial score (nSPS) is 13.8. The molecule has 0 aliphatic carbocycles. The van der Waals surface area contributed by atoms with Crippen molar-refractivity contribution in [1.82, 2.24) is 9.97 Å². The summed E-state index contributed by atoms with van der Waals surface area (Å²) in [5, 5.41) is 0. The van der Waals surface area contributed by atoms with Crippen molar-refractivity contribution < 1.29 is 31.1 Å². The minimum absolute atomic E-state index is 0.0628. The number of carbonyl (C=O) groups excluding carboxylic acids is 1. The number of hydrogen-bond donors (Lipinski definition) is 0. The molecule has 4 nitrogen and oxygen atoms in total. The van der Waals surface area contributed by atoms with Gasteiger partial charge in [0, 0.05) is 35.8 Å². The van der Waals surface area contributed by atoms with E-state index in [1.165, 1.54) is 35.0 Å². The summed E-state index contributed by atoms with van der Waals surface area (Å²) < 4.78 is 78.0. The third-order valence-corrected chi connectivity index (χ3v) is 6.19. The lowest BCUT2D eigenvalue weighted by Gasteiger charge is -2.19. The number of halogens is 6. The highest BCUT2D eigenvalue weighted by atomic mass is 32.2. The van der Waals surface area contributed by atoms with E-state index in [9.17, 15) is 31.1 Å². The fourth-order valence-corrected chi connectivity index (χ4v) is 4.42. The van der Waals surface area contributed by atoms with Crippen LogP contribution < -0.4 is 4.90 Å². The SMILES string of the molecule is CCSc1cc(-c2ccc(C(F)(F)F)cc2)cnc1C(=O)N1CCc2ncc(C(F)(F)F)cc21. The first kappa shape index (κ1) is 24.1. The number of benzene rings is 1. The van der Waals surface area contributed by atoms with Gasteiger partial charge in [-0.25, -0.2) is 4.98 Å². The molecule has 1 aromatic carbocycles. The van der Waals surface area contributed by atoms with Gasteiger partial charge in [0.2, 0.25) is 0 Å². The van der Waals surface area contributed by atoms with Gasteiger partial charge in [0.1, 0.15) is 5.69 Å². The van der Waals surface area contributed by atoms with Crippen molar-refractivity contribution in [3.05, 3.63) is 71.3 Å². The first-order chi connectivity index (χ1) is 16.0. The van der Waals surface area contributed by atoms with E-state index in [0.29, 0.717) is 33.9 Å². The van der Waals surface area contributed by atoms with Crippen molar-refractivity contribution in [2.45, 2.75) is 30.6 Å². The second kappa shape index (κ2) is 8.94. The summed E-state index contributed by atoms with van der Waals surface area (Å²) in [7, 11) is 0. The van der Waals surface area contributed by atoms with Crippen LogP contribution >= 0.6 is 11.8 Å². The molecule has 11 heteroatoms. The number of carbonyl (C=O) groups is 1. The molecule has 1 aliphatic heterocycles. The second-order valence-electron chi connectivity index (χ2n) is 7.47. The summed E-state index contributed by atoms with van der Waals surface area (Å²) in [4.78, 5) is 23.1. The summed E-state index contributed by atoms with van der Waals surface area (Å²) in [6.45, 7) is 2.02. The molecule has 3 aromatic rings. The van der Waals surface area contributed by atoms with Crippen LogP contribution in [0.5, 0.6) is 0 Å². The Morgan fingerprint density at radius 3 is 2.24 bits per heavy atom. The minimum atomic E-state index is -4.59. The number of alkyl halides is 6. The molecule has 0 saturated carbocycles. The number of anilines is 1. The maximum atomic E-state index is 13.3. The Balaban J connectivity index is 1.68. The number of thioether (sulfide) groups is 1. The Bertz CT molecular complexity index is 1220. The van der Waals surface area contributed by atoms with Gasteiger partial charge in [0.05, 0.1) is 22.5 Å². The standard InChI is InChI=1S/C23H17F6N3OS/c1-2-34-19-9-14(13-3-5-15(6-4-13)22(24,25)26)11-31-20(19)21(33)32-8-7-17-18(32)10-16(12-30-17)23(27,28)29/h3-6,9-12H,2,7-8H2,1H3. The lowest BCUT2D eigenvalue weighted by molar-refractivity contribution is -0.138. The van der Waals surface area contributed by atoms with Crippen molar-refractivity contribution in [1.29, 1.82) is 0 Å². The molecule has 0 unspecified atom stereocenters. The molecular formula is C23H17F6N3OS. The Labute approximate surface area is 195 Å². The maximum Gasteiger partial charge on any atom is 0.417 e. The largest absolute Gasteiger partial charge is 0.417 e. The van der Waals surface area contributed by atoms with E-state index in [4.69, 9.17) is 0 Å². The Hall–Kier alpha value is -3.08. The van der Waals surface area contributed by atoms with Crippen molar-refractivity contribution in [2.24, 2.45) is 0 Å². The van der Waals surface area contributed by atoms with Gasteiger partial charge in [-0.1, -0.05) is 19.1 Å². The molecule has 0 fully saturated rings. The molecule has 0 N–H and O–H groups in total. The van der Waals surface area contributed by atoms with Crippen LogP contribution in [0.15, 0.2) is 53.7 Å². The van der Waals surface area contributed by atoms with E-state index in [1.54, 1.807) is 6.07 Å². The number of amides is 1. The van der Waals surface area contributed by atoms with Gasteiger partial charge in [-0.3, -0.25) is 9.78 Å². The van der Waals surface area contributed by atoms with Crippen LogP contribution in [0.25, 0.3) is 11.1 Å². The molecule has 0 radical (unpaired) electrons. The van der Waals surface area contributed by atoms with Crippen LogP contribution in [0.1, 0.15) is 34.2 Å². The predicted molar refractivity (Wildman–Crippen MR) is 116 cm³/mol. The van der Waals surface area contributed by atoms with E-state index in [-0.39, 0.29) is 17.9 Å². The molecule has 1 amide bonds. The maximum absolute atomic E-state index is 13.3. The zero-order chi connectivity index (χ0) is 24.7. The molecule has 0 saturated heterocycles. The number of nitrogens with zero attached hydrogens (tertiary/aromatic N) is 3. The number of hydrogen-bond acceptors (Lipinski definition) is 4. The van der Waals surface area contributed by atoms with Crippen LogP contribution in [0.2, 0.25) is 0 Å². The van der Waals surface area contributed by atoms with Gasteiger partial charge < -0.3 is 4.90 Å². The highest BCUT2D eigenvalue weighted by Gasteiger charge is 2.35. The molecule has 0 atom stereocenters. The molecule has 178 valence electrons. The molecule has 34 heavy (non-hydrogen) atoms. The fraction of sp³-hybridized carbons (Fsp3) is 0.261. The summed E-state index contributed by atoms with van der Waals surface area (Å²) >= 11 is 1.31. The van der Waals surface area contributed by atoms with Crippen LogP contribution in [0.3, 0.4) is 0 Å². The number of fused-ring (bicyclic) bond motifs is 1. The van der Waals surface area contributed by atoms with Crippen LogP contribution in [0, 0.1) is 0 Å². The first-order valence-electron chi connectivity index (χ1n) is 10.2. The molecule has 0 bridgehead atoms. The van der Waals surface area contributed by atoms with E-state index < -0.39 is 29.4 Å². The van der Waals surface area contributed by atoms with Crippen LogP contribution in [-0.2, 0) is 18.8 Å². The molecule has 0 spiro atoms. The van der Waals surface area contributed by atoms with E-state index in [1.807, 2.05) is 6.92 Å². The third-order valence-electron chi connectivity index (χ3n) is 5.28. The number of aromatic nitrogens is 2. The van der Waals surface area contributed by atoms with Crippen molar-refractivity contribution in [2.75, 3.05) is 17.2 Å². The van der Waals surface area contributed by atoms with Gasteiger partial charge in [-0.05, 0) is 35.6 Å². The summed E-state index contributed by atoms with van der Waals surface area (Å²) in [5.41, 5.74) is -0.161. The molecule has 3 heterocycles. The van der Waals surface area contributed by atoms with Gasteiger partial charge >= 0.3 is 12.4 Å². The zero-order valence-electron chi connectivity index (χ0n) is 17.7. The molecule has 1 aliphatic rings. The van der Waals surface area contributed by atoms with E-state index in [2.05, 4.69) is 9.97 Å². The van der Waals surface area contributed by atoms with Crippen molar-refractivity contribution >= 4 is 23.4 Å². The van der Waals surface area contributed by atoms with Crippen molar-refractivity contribution in [3.8, 4) is 11.1 Å². The van der Waals surface area contributed by atoms with Crippen LogP contribution in [0.4, 0.5) is 32.0 Å². The molecule has 2 aromatic heterocycles. The highest BCUT2D eigenvalue weighted by Crippen LogP contribution is 2.37. The summed E-state index contributed by atoms with van der Waals surface area (Å²) in [6.07, 6.45) is -6.61. The zero-order valence-corrected chi connectivity index (χ0v) is 18.5. The quantitative estimate of drug-likeness (QED) is 0.305. The van der Waals surface area contributed by atoms with E-state index in [0.717, 1.165) is 24.4 Å². The van der Waals surface area contributed by atoms with Gasteiger partial charge in [0.25, 0.3) is 5.91 Å². The number of pyridine rings is 2. The Kier molecular flexibility index (Phi) is 6.32. The van der Waals surface area contributed by atoms with E-state index >= 15 is 0 Å². The average Bonchev–Trinajstić information content (AvgIpc) is 3.21. The third kappa shape index (κ3) is 4.75. The minimum Gasteiger partial charge on any atom is -0.305 e. The molecular weight excluding hydrogens is 480 g/mol. The van der Waals surface area contributed by atoms with Gasteiger partial charge in [-0.2, -0.15) is 26.3 Å². The lowest BCUT2D eigenvalue weighted by Crippen LogP contribution is -2.30. The molecule has 4 rings (SSSR count). The topological polar surface area (TPSA) is 46.1 Å². The fourth-order valence-electron chi connectivity index (χ4n) is 3.62. The van der Waals surface area contributed by atoms with Crippen molar-refractivity contribution in [3.63, 3.8) is 0 Å². The Morgan fingerprint density at radius 2 is 1.62 bits per heavy atom.